The minimum atomic E-state index is -3.39. The van der Waals surface area contributed by atoms with Crippen LogP contribution in [0.4, 0.5) is 0 Å². The highest BCUT2D eigenvalue weighted by molar-refractivity contribution is 7.90. The summed E-state index contributed by atoms with van der Waals surface area (Å²) in [5.41, 5.74) is 2.14. The molecule has 3 aromatic rings. The number of aromatic nitrogens is 2. The minimum absolute atomic E-state index is 0.138. The molecule has 6 nitrogen and oxygen atoms in total. The lowest BCUT2D eigenvalue weighted by molar-refractivity contribution is 0.229. The van der Waals surface area contributed by atoms with Gasteiger partial charge in [0, 0.05) is 25.9 Å². The Balaban J connectivity index is 1.61. The van der Waals surface area contributed by atoms with Crippen molar-refractivity contribution >= 4 is 9.84 Å². The standard InChI is InChI=1S/C23H29N3O3S/c1-25(16-17-29-22-13-7-4-8-14-22)19-21-18-24-23(30(2,27)28)26(21)15-9-12-20-10-5-3-6-11-20/h3-8,10-11,13-14,18H,9,12,15-17,19H2,1-2H3. The van der Waals surface area contributed by atoms with Gasteiger partial charge in [-0.15, -0.1) is 0 Å². The zero-order valence-electron chi connectivity index (χ0n) is 17.6. The lowest BCUT2D eigenvalue weighted by Gasteiger charge is -2.19. The highest BCUT2D eigenvalue weighted by Gasteiger charge is 2.19. The molecule has 0 atom stereocenters. The molecule has 1 aromatic heterocycles. The third-order valence-electron chi connectivity index (χ3n) is 4.84. The van der Waals surface area contributed by atoms with E-state index in [4.69, 9.17) is 4.74 Å². The van der Waals surface area contributed by atoms with Gasteiger partial charge in [0.05, 0.1) is 11.9 Å². The molecule has 30 heavy (non-hydrogen) atoms. The Morgan fingerprint density at radius 1 is 1.03 bits per heavy atom. The molecule has 0 radical (unpaired) electrons. The number of imidazole rings is 1. The summed E-state index contributed by atoms with van der Waals surface area (Å²) >= 11 is 0. The van der Waals surface area contributed by atoms with Crippen LogP contribution in [-0.2, 0) is 29.3 Å². The van der Waals surface area contributed by atoms with Crippen molar-refractivity contribution in [2.45, 2.75) is 31.1 Å². The summed E-state index contributed by atoms with van der Waals surface area (Å²) in [5, 5.41) is 0.138. The summed E-state index contributed by atoms with van der Waals surface area (Å²) < 4.78 is 32.0. The van der Waals surface area contributed by atoms with E-state index in [0.717, 1.165) is 30.8 Å². The topological polar surface area (TPSA) is 64.4 Å². The van der Waals surface area contributed by atoms with E-state index in [0.29, 0.717) is 19.7 Å². The van der Waals surface area contributed by atoms with Crippen molar-refractivity contribution in [3.8, 4) is 5.75 Å². The fourth-order valence-electron chi connectivity index (χ4n) is 3.33. The maximum atomic E-state index is 12.2. The van der Waals surface area contributed by atoms with Gasteiger partial charge in [-0.3, -0.25) is 4.90 Å². The predicted molar refractivity (Wildman–Crippen MR) is 118 cm³/mol. The van der Waals surface area contributed by atoms with Crippen molar-refractivity contribution in [2.24, 2.45) is 0 Å². The van der Waals surface area contributed by atoms with Gasteiger partial charge < -0.3 is 9.30 Å². The monoisotopic (exact) mass is 427 g/mol. The number of aryl methyl sites for hydroxylation is 1. The summed E-state index contributed by atoms with van der Waals surface area (Å²) in [5.74, 6) is 0.844. The fraction of sp³-hybridized carbons (Fsp3) is 0.348. The molecule has 7 heteroatoms. The van der Waals surface area contributed by atoms with Crippen molar-refractivity contribution in [1.82, 2.24) is 14.5 Å². The van der Waals surface area contributed by atoms with Crippen molar-refractivity contribution < 1.29 is 13.2 Å². The van der Waals surface area contributed by atoms with Gasteiger partial charge in [-0.05, 0) is 37.6 Å². The van der Waals surface area contributed by atoms with E-state index >= 15 is 0 Å². The predicted octanol–water partition coefficient (Wildman–Crippen LogP) is 3.43. The number of sulfone groups is 1. The van der Waals surface area contributed by atoms with E-state index in [2.05, 4.69) is 22.0 Å². The molecular formula is C23H29N3O3S. The fourth-order valence-corrected chi connectivity index (χ4v) is 4.18. The molecule has 0 fully saturated rings. The first-order valence-corrected chi connectivity index (χ1v) is 12.0. The van der Waals surface area contributed by atoms with Gasteiger partial charge in [-0.25, -0.2) is 13.4 Å². The van der Waals surface area contributed by atoms with Gasteiger partial charge in [0.25, 0.3) is 0 Å². The number of rotatable bonds is 11. The number of benzene rings is 2. The molecule has 0 saturated heterocycles. The van der Waals surface area contributed by atoms with Crippen molar-refractivity contribution in [2.75, 3.05) is 26.5 Å². The van der Waals surface area contributed by atoms with Gasteiger partial charge in [-0.1, -0.05) is 48.5 Å². The number of hydrogen-bond acceptors (Lipinski definition) is 5. The molecule has 0 unspecified atom stereocenters. The van der Waals surface area contributed by atoms with E-state index < -0.39 is 9.84 Å². The summed E-state index contributed by atoms with van der Waals surface area (Å²) in [6.07, 6.45) is 4.62. The van der Waals surface area contributed by atoms with E-state index in [-0.39, 0.29) is 5.16 Å². The molecular weight excluding hydrogens is 398 g/mol. The van der Waals surface area contributed by atoms with Crippen LogP contribution >= 0.6 is 0 Å². The maximum absolute atomic E-state index is 12.2. The van der Waals surface area contributed by atoms with Crippen LogP contribution in [0.5, 0.6) is 5.75 Å². The van der Waals surface area contributed by atoms with Gasteiger partial charge in [0.15, 0.2) is 0 Å². The first-order valence-electron chi connectivity index (χ1n) is 10.1. The summed E-state index contributed by atoms with van der Waals surface area (Å²) in [4.78, 5) is 6.32. The first kappa shape index (κ1) is 22.1. The second-order valence-electron chi connectivity index (χ2n) is 7.44. The Bertz CT molecular complexity index is 1020. The van der Waals surface area contributed by atoms with Crippen LogP contribution in [0.25, 0.3) is 0 Å². The largest absolute Gasteiger partial charge is 0.492 e. The average Bonchev–Trinajstić information content (AvgIpc) is 3.12. The first-order chi connectivity index (χ1) is 14.4. The van der Waals surface area contributed by atoms with Crippen LogP contribution in [0.1, 0.15) is 17.7 Å². The van der Waals surface area contributed by atoms with E-state index in [1.807, 2.05) is 60.1 Å². The molecule has 160 valence electrons. The van der Waals surface area contributed by atoms with Crippen LogP contribution in [0.3, 0.4) is 0 Å². The summed E-state index contributed by atoms with van der Waals surface area (Å²) in [6, 6.07) is 19.9. The Morgan fingerprint density at radius 2 is 1.70 bits per heavy atom. The smallest absolute Gasteiger partial charge is 0.227 e. The molecule has 0 saturated carbocycles. The van der Waals surface area contributed by atoms with Crippen LogP contribution in [0.15, 0.2) is 72.0 Å². The highest BCUT2D eigenvalue weighted by atomic mass is 32.2. The second kappa shape index (κ2) is 10.4. The van der Waals surface area contributed by atoms with Crippen LogP contribution in [0.2, 0.25) is 0 Å². The SMILES string of the molecule is CN(CCOc1ccccc1)Cc1cnc(S(C)(=O)=O)n1CCCc1ccccc1. The minimum Gasteiger partial charge on any atom is -0.492 e. The molecule has 0 amide bonds. The van der Waals surface area contributed by atoms with Crippen molar-refractivity contribution in [3.05, 3.63) is 78.1 Å². The molecule has 0 N–H and O–H groups in total. The zero-order chi connectivity index (χ0) is 21.4. The Kier molecular flexibility index (Phi) is 7.65. The van der Waals surface area contributed by atoms with Crippen LogP contribution < -0.4 is 4.74 Å². The second-order valence-corrected chi connectivity index (χ2v) is 9.35. The van der Waals surface area contributed by atoms with Crippen LogP contribution in [0, 0.1) is 0 Å². The highest BCUT2D eigenvalue weighted by Crippen LogP contribution is 2.15. The number of hydrogen-bond donors (Lipinski definition) is 0. The van der Waals surface area contributed by atoms with Crippen molar-refractivity contribution in [3.63, 3.8) is 0 Å². The molecule has 1 heterocycles. The maximum Gasteiger partial charge on any atom is 0.227 e. The Hall–Kier alpha value is -2.64. The normalized spacial score (nSPS) is 11.7. The summed E-state index contributed by atoms with van der Waals surface area (Å²) in [7, 11) is -1.39. The van der Waals surface area contributed by atoms with Crippen LogP contribution in [-0.4, -0.2) is 49.3 Å². The molecule has 0 bridgehead atoms. The number of ether oxygens (including phenoxy) is 1. The number of nitrogens with zero attached hydrogens (tertiary/aromatic N) is 3. The quantitative estimate of drug-likeness (QED) is 0.469. The lowest BCUT2D eigenvalue weighted by atomic mass is 10.1. The number of likely N-dealkylation sites (N-methyl/N-ethyl adjacent to an activating group) is 1. The lowest BCUT2D eigenvalue weighted by Crippen LogP contribution is -2.25. The van der Waals surface area contributed by atoms with Gasteiger partial charge >= 0.3 is 0 Å². The molecule has 0 aliphatic carbocycles. The molecule has 0 aliphatic heterocycles. The molecule has 2 aromatic carbocycles. The Morgan fingerprint density at radius 3 is 2.37 bits per heavy atom. The number of para-hydroxylation sites is 1. The average molecular weight is 428 g/mol. The van der Waals surface area contributed by atoms with E-state index in [1.54, 1.807) is 6.20 Å². The third kappa shape index (κ3) is 6.43. The van der Waals surface area contributed by atoms with Gasteiger partial charge in [-0.2, -0.15) is 0 Å². The zero-order valence-corrected chi connectivity index (χ0v) is 18.4. The molecule has 0 aliphatic rings. The third-order valence-corrected chi connectivity index (χ3v) is 5.83. The van der Waals surface area contributed by atoms with Crippen molar-refractivity contribution in [1.29, 1.82) is 0 Å². The van der Waals surface area contributed by atoms with E-state index in [1.165, 1.54) is 11.8 Å². The van der Waals surface area contributed by atoms with Gasteiger partial charge in [0.1, 0.15) is 12.4 Å². The Labute approximate surface area is 179 Å². The molecule has 3 rings (SSSR count). The molecule has 0 spiro atoms. The van der Waals surface area contributed by atoms with Gasteiger partial charge in [0.2, 0.25) is 15.0 Å². The van der Waals surface area contributed by atoms with E-state index in [9.17, 15) is 8.42 Å². The summed E-state index contributed by atoms with van der Waals surface area (Å²) in [6.45, 7) is 2.49.